The molecule has 2 N–H and O–H groups in total. The lowest BCUT2D eigenvalue weighted by atomic mass is 10.1. The van der Waals surface area contributed by atoms with Gasteiger partial charge in [0.05, 0.1) is 12.1 Å². The Balaban J connectivity index is 2.02. The summed E-state index contributed by atoms with van der Waals surface area (Å²) in [5.41, 5.74) is 2.11. The summed E-state index contributed by atoms with van der Waals surface area (Å²) < 4.78 is 0. The van der Waals surface area contributed by atoms with Crippen LogP contribution in [0.1, 0.15) is 12.5 Å². The molecule has 2 heterocycles. The first-order chi connectivity index (χ1) is 10.3. The summed E-state index contributed by atoms with van der Waals surface area (Å²) >= 11 is 0. The van der Waals surface area contributed by atoms with Crippen molar-refractivity contribution in [2.45, 2.75) is 13.5 Å². The number of carbonyl (C=O) groups is 1. The molecule has 0 spiro atoms. The van der Waals surface area contributed by atoms with Gasteiger partial charge in [0.25, 0.3) is 0 Å². The number of carbonyl (C=O) groups excluding carboxylic acids is 1. The number of nitrogens with zero attached hydrogens (tertiary/aromatic N) is 2. The highest BCUT2D eigenvalue weighted by atomic mass is 16.2. The van der Waals surface area contributed by atoms with Crippen molar-refractivity contribution in [1.82, 2.24) is 15.6 Å². The smallest absolute Gasteiger partial charge is 0.239 e. The van der Waals surface area contributed by atoms with Crippen LogP contribution >= 0.6 is 0 Å². The number of amides is 1. The zero-order valence-corrected chi connectivity index (χ0v) is 12.2. The third-order valence-corrected chi connectivity index (χ3v) is 3.68. The number of anilines is 1. The van der Waals surface area contributed by atoms with Gasteiger partial charge in [-0.3, -0.25) is 4.79 Å². The molecule has 1 aromatic heterocycles. The van der Waals surface area contributed by atoms with Gasteiger partial charge >= 0.3 is 0 Å². The average Bonchev–Trinajstić information content (AvgIpc) is 2.52. The lowest BCUT2D eigenvalue weighted by molar-refractivity contribution is -0.120. The second-order valence-corrected chi connectivity index (χ2v) is 5.22. The number of pyridine rings is 1. The number of rotatable bonds is 4. The van der Waals surface area contributed by atoms with E-state index >= 15 is 0 Å². The van der Waals surface area contributed by atoms with E-state index in [4.69, 9.17) is 4.98 Å². The largest absolute Gasteiger partial charge is 0.353 e. The number of piperazine rings is 1. The quantitative estimate of drug-likeness (QED) is 0.888. The molecule has 0 saturated carbocycles. The Hall–Kier alpha value is -2.14. The van der Waals surface area contributed by atoms with E-state index in [2.05, 4.69) is 34.6 Å². The second-order valence-electron chi connectivity index (χ2n) is 5.22. The molecule has 1 aliphatic heterocycles. The Morgan fingerprint density at radius 2 is 2.24 bits per heavy atom. The van der Waals surface area contributed by atoms with Crippen molar-refractivity contribution in [2.75, 3.05) is 31.1 Å². The van der Waals surface area contributed by atoms with E-state index in [0.717, 1.165) is 41.9 Å². The monoisotopic (exact) mass is 284 g/mol. The Kier molecular flexibility index (Phi) is 4.01. The van der Waals surface area contributed by atoms with Crippen LogP contribution in [-0.2, 0) is 11.3 Å². The number of fused-ring (bicyclic) bond motifs is 1. The van der Waals surface area contributed by atoms with E-state index < -0.39 is 0 Å². The minimum Gasteiger partial charge on any atom is -0.353 e. The summed E-state index contributed by atoms with van der Waals surface area (Å²) in [6.07, 6.45) is 0. The number of hydrogen-bond donors (Lipinski definition) is 2. The van der Waals surface area contributed by atoms with Gasteiger partial charge in [0, 0.05) is 30.6 Å². The zero-order chi connectivity index (χ0) is 14.7. The van der Waals surface area contributed by atoms with Crippen molar-refractivity contribution >= 4 is 22.6 Å². The second kappa shape index (κ2) is 6.10. The van der Waals surface area contributed by atoms with Gasteiger partial charge in [0.1, 0.15) is 5.82 Å². The SMILES string of the molecule is CCNCc1cc2ccccc2nc1N1CCNC(=O)C1. The van der Waals surface area contributed by atoms with Gasteiger partial charge in [-0.2, -0.15) is 0 Å². The van der Waals surface area contributed by atoms with E-state index in [0.29, 0.717) is 13.1 Å². The van der Waals surface area contributed by atoms with E-state index in [1.165, 1.54) is 0 Å². The molecule has 0 aliphatic carbocycles. The number of para-hydroxylation sites is 1. The summed E-state index contributed by atoms with van der Waals surface area (Å²) in [6.45, 7) is 5.62. The zero-order valence-electron chi connectivity index (χ0n) is 12.2. The van der Waals surface area contributed by atoms with Gasteiger partial charge in [0.2, 0.25) is 5.91 Å². The van der Waals surface area contributed by atoms with Crippen LogP contribution in [0.15, 0.2) is 30.3 Å². The molecule has 1 amide bonds. The fourth-order valence-electron chi connectivity index (χ4n) is 2.63. The van der Waals surface area contributed by atoms with E-state index in [1.54, 1.807) is 0 Å². The maximum atomic E-state index is 11.6. The fourth-order valence-corrected chi connectivity index (χ4v) is 2.63. The number of nitrogens with one attached hydrogen (secondary N) is 2. The van der Waals surface area contributed by atoms with Crippen molar-refractivity contribution in [3.63, 3.8) is 0 Å². The minimum absolute atomic E-state index is 0.0607. The molecule has 1 aromatic carbocycles. The Morgan fingerprint density at radius 1 is 1.38 bits per heavy atom. The van der Waals surface area contributed by atoms with Crippen LogP contribution in [0.4, 0.5) is 5.82 Å². The lowest BCUT2D eigenvalue weighted by Crippen LogP contribution is -2.48. The molecule has 1 aliphatic rings. The predicted octanol–water partition coefficient (Wildman–Crippen LogP) is 1.28. The minimum atomic E-state index is 0.0607. The molecule has 0 atom stereocenters. The molecule has 3 rings (SSSR count). The highest BCUT2D eigenvalue weighted by molar-refractivity contribution is 5.85. The van der Waals surface area contributed by atoms with Gasteiger partial charge in [-0.05, 0) is 18.7 Å². The molecule has 5 heteroatoms. The molecule has 1 saturated heterocycles. The lowest BCUT2D eigenvalue weighted by Gasteiger charge is -2.29. The molecule has 0 bridgehead atoms. The summed E-state index contributed by atoms with van der Waals surface area (Å²) in [6, 6.07) is 10.3. The van der Waals surface area contributed by atoms with Crippen molar-refractivity contribution in [1.29, 1.82) is 0 Å². The van der Waals surface area contributed by atoms with Gasteiger partial charge in [-0.25, -0.2) is 4.98 Å². The highest BCUT2D eigenvalue weighted by Crippen LogP contribution is 2.24. The summed E-state index contributed by atoms with van der Waals surface area (Å²) in [5, 5.41) is 7.35. The molecule has 0 radical (unpaired) electrons. The van der Waals surface area contributed by atoms with Crippen LogP contribution in [0.3, 0.4) is 0 Å². The normalized spacial score (nSPS) is 15.3. The summed E-state index contributed by atoms with van der Waals surface area (Å²) in [5.74, 6) is 0.982. The third-order valence-electron chi connectivity index (χ3n) is 3.68. The molecule has 2 aromatic rings. The van der Waals surface area contributed by atoms with Crippen LogP contribution in [0.5, 0.6) is 0 Å². The predicted molar refractivity (Wildman–Crippen MR) is 84.3 cm³/mol. The first kappa shape index (κ1) is 13.8. The Morgan fingerprint density at radius 3 is 3.05 bits per heavy atom. The van der Waals surface area contributed by atoms with Crippen molar-refractivity contribution < 1.29 is 4.79 Å². The highest BCUT2D eigenvalue weighted by Gasteiger charge is 2.20. The standard InChI is InChI=1S/C16H20N4O/c1-2-17-10-13-9-12-5-3-4-6-14(12)19-16(13)20-8-7-18-15(21)11-20/h3-6,9,17H,2,7-8,10-11H2,1H3,(H,18,21). The topological polar surface area (TPSA) is 57.3 Å². The van der Waals surface area contributed by atoms with Crippen LogP contribution < -0.4 is 15.5 Å². The maximum absolute atomic E-state index is 11.6. The van der Waals surface area contributed by atoms with Gasteiger partial charge in [-0.1, -0.05) is 25.1 Å². The van der Waals surface area contributed by atoms with E-state index in [1.807, 2.05) is 18.2 Å². The number of hydrogen-bond acceptors (Lipinski definition) is 4. The van der Waals surface area contributed by atoms with Crippen LogP contribution in [0.2, 0.25) is 0 Å². The molecule has 1 fully saturated rings. The first-order valence-electron chi connectivity index (χ1n) is 7.39. The van der Waals surface area contributed by atoms with E-state index in [9.17, 15) is 4.79 Å². The van der Waals surface area contributed by atoms with Crippen molar-refractivity contribution in [3.05, 3.63) is 35.9 Å². The molecule has 21 heavy (non-hydrogen) atoms. The molecule has 0 unspecified atom stereocenters. The molecule has 110 valence electrons. The van der Waals surface area contributed by atoms with Crippen molar-refractivity contribution in [2.24, 2.45) is 0 Å². The van der Waals surface area contributed by atoms with Gasteiger partial charge < -0.3 is 15.5 Å². The van der Waals surface area contributed by atoms with Gasteiger partial charge in [0.15, 0.2) is 0 Å². The maximum Gasteiger partial charge on any atom is 0.239 e. The Bertz CT molecular complexity index is 656. The average molecular weight is 284 g/mol. The Labute approximate surface area is 124 Å². The number of aromatic nitrogens is 1. The summed E-state index contributed by atoms with van der Waals surface area (Å²) in [7, 11) is 0. The first-order valence-corrected chi connectivity index (χ1v) is 7.39. The van der Waals surface area contributed by atoms with E-state index in [-0.39, 0.29) is 5.91 Å². The third kappa shape index (κ3) is 2.97. The van der Waals surface area contributed by atoms with Crippen LogP contribution in [0.25, 0.3) is 10.9 Å². The van der Waals surface area contributed by atoms with Crippen molar-refractivity contribution in [3.8, 4) is 0 Å². The van der Waals surface area contributed by atoms with Gasteiger partial charge in [-0.15, -0.1) is 0 Å². The van der Waals surface area contributed by atoms with Crippen LogP contribution in [-0.4, -0.2) is 37.1 Å². The fraction of sp³-hybridized carbons (Fsp3) is 0.375. The molecule has 5 nitrogen and oxygen atoms in total. The summed E-state index contributed by atoms with van der Waals surface area (Å²) in [4.78, 5) is 18.5. The molecular formula is C16H20N4O. The number of benzene rings is 1. The van der Waals surface area contributed by atoms with Crippen LogP contribution in [0, 0.1) is 0 Å². The molecular weight excluding hydrogens is 264 g/mol.